The third-order valence-corrected chi connectivity index (χ3v) is 2.82. The molecule has 0 radical (unpaired) electrons. The van der Waals surface area contributed by atoms with Crippen LogP contribution in [0.3, 0.4) is 0 Å². The molecule has 2 nitrogen and oxygen atoms in total. The van der Waals surface area contributed by atoms with Crippen LogP contribution in [-0.2, 0) is 0 Å². The van der Waals surface area contributed by atoms with Gasteiger partial charge in [0, 0.05) is 16.7 Å². The third kappa shape index (κ3) is 3.56. The molecular weight excluding hydrogens is 263 g/mol. The molecule has 0 aliphatic rings. The fourth-order valence-corrected chi connectivity index (χ4v) is 1.36. The van der Waals surface area contributed by atoms with Crippen LogP contribution < -0.4 is 5.73 Å². The van der Waals surface area contributed by atoms with Gasteiger partial charge in [0.25, 0.3) is 0 Å². The Balaban J connectivity index is 0.00000169. The van der Waals surface area contributed by atoms with Crippen LogP contribution >= 0.6 is 28.3 Å². The van der Waals surface area contributed by atoms with Crippen molar-refractivity contribution in [2.24, 2.45) is 11.7 Å². The molecule has 1 unspecified atom stereocenters. The Morgan fingerprint density at radius 2 is 2.14 bits per heavy atom. The average molecular weight is 280 g/mol. The van der Waals surface area contributed by atoms with E-state index in [1.165, 1.54) is 0 Å². The van der Waals surface area contributed by atoms with E-state index >= 15 is 0 Å². The van der Waals surface area contributed by atoms with Crippen molar-refractivity contribution in [2.45, 2.75) is 26.3 Å². The maximum absolute atomic E-state index is 6.02. The number of hydrogen-bond acceptors (Lipinski definition) is 2. The Bertz CT molecular complexity index is 263. The molecule has 0 aliphatic heterocycles. The molecule has 1 heterocycles. The number of pyridine rings is 1. The fraction of sp³-hybridized carbons (Fsp3) is 0.500. The Hall–Kier alpha value is -0.120. The van der Waals surface area contributed by atoms with E-state index in [4.69, 9.17) is 5.73 Å². The number of halogens is 2. The summed E-state index contributed by atoms with van der Waals surface area (Å²) in [5.41, 5.74) is 6.99. The van der Waals surface area contributed by atoms with Crippen molar-refractivity contribution < 1.29 is 0 Å². The van der Waals surface area contributed by atoms with Gasteiger partial charge in [-0.05, 0) is 34.0 Å². The normalized spacial score (nSPS) is 14.3. The molecule has 1 rings (SSSR count). The first-order valence-electron chi connectivity index (χ1n) is 4.52. The lowest BCUT2D eigenvalue weighted by molar-refractivity contribution is 0.448. The van der Waals surface area contributed by atoms with Crippen molar-refractivity contribution >= 4 is 28.3 Å². The lowest BCUT2D eigenvalue weighted by Crippen LogP contribution is -2.19. The first-order valence-corrected chi connectivity index (χ1v) is 5.31. The van der Waals surface area contributed by atoms with Gasteiger partial charge in [0.2, 0.25) is 0 Å². The van der Waals surface area contributed by atoms with Crippen LogP contribution in [0.5, 0.6) is 0 Å². The molecule has 0 fully saturated rings. The van der Waals surface area contributed by atoms with Gasteiger partial charge < -0.3 is 5.73 Å². The van der Waals surface area contributed by atoms with Crippen molar-refractivity contribution in [2.75, 3.05) is 0 Å². The van der Waals surface area contributed by atoms with Crippen LogP contribution in [-0.4, -0.2) is 4.98 Å². The zero-order valence-corrected chi connectivity index (χ0v) is 10.8. The van der Waals surface area contributed by atoms with E-state index in [1.54, 1.807) is 6.20 Å². The van der Waals surface area contributed by atoms with Gasteiger partial charge in [-0.25, -0.2) is 0 Å². The second-order valence-corrected chi connectivity index (χ2v) is 4.23. The van der Waals surface area contributed by atoms with Gasteiger partial charge in [-0.1, -0.05) is 20.3 Å². The van der Waals surface area contributed by atoms with Gasteiger partial charge in [-0.2, -0.15) is 0 Å². The summed E-state index contributed by atoms with van der Waals surface area (Å²) in [5, 5.41) is 0. The van der Waals surface area contributed by atoms with Gasteiger partial charge >= 0.3 is 0 Å². The van der Waals surface area contributed by atoms with Gasteiger partial charge in [0.15, 0.2) is 0 Å². The molecule has 0 aliphatic carbocycles. The van der Waals surface area contributed by atoms with Crippen LogP contribution in [0.25, 0.3) is 0 Å². The molecule has 1 aromatic heterocycles. The first kappa shape index (κ1) is 13.9. The molecule has 2 atom stereocenters. The van der Waals surface area contributed by atoms with Crippen LogP contribution in [0, 0.1) is 5.92 Å². The highest BCUT2D eigenvalue weighted by atomic mass is 79.9. The van der Waals surface area contributed by atoms with Crippen molar-refractivity contribution in [3.8, 4) is 0 Å². The molecule has 0 saturated heterocycles. The highest BCUT2D eigenvalue weighted by Crippen LogP contribution is 2.20. The van der Waals surface area contributed by atoms with E-state index in [0.717, 1.165) is 16.6 Å². The van der Waals surface area contributed by atoms with E-state index in [9.17, 15) is 0 Å². The van der Waals surface area contributed by atoms with E-state index in [1.807, 2.05) is 12.1 Å². The lowest BCUT2D eigenvalue weighted by Gasteiger charge is -2.17. The van der Waals surface area contributed by atoms with Gasteiger partial charge in [0.05, 0.1) is 5.69 Å². The Morgan fingerprint density at radius 3 is 2.57 bits per heavy atom. The molecule has 80 valence electrons. The van der Waals surface area contributed by atoms with Crippen molar-refractivity contribution in [3.63, 3.8) is 0 Å². The van der Waals surface area contributed by atoms with Crippen molar-refractivity contribution in [1.82, 2.24) is 4.98 Å². The minimum Gasteiger partial charge on any atom is -0.322 e. The minimum absolute atomic E-state index is 0. The molecule has 1 aromatic rings. The zero-order chi connectivity index (χ0) is 9.84. The predicted octanol–water partition coefficient (Wildman–Crippen LogP) is 3.31. The Labute approximate surface area is 99.8 Å². The van der Waals surface area contributed by atoms with Crippen molar-refractivity contribution in [3.05, 3.63) is 28.5 Å². The average Bonchev–Trinajstić information content (AvgIpc) is 2.17. The van der Waals surface area contributed by atoms with E-state index < -0.39 is 0 Å². The first-order chi connectivity index (χ1) is 6.15. The molecule has 4 heteroatoms. The molecule has 0 amide bonds. The lowest BCUT2D eigenvalue weighted by atomic mass is 9.97. The monoisotopic (exact) mass is 278 g/mol. The molecule has 14 heavy (non-hydrogen) atoms. The van der Waals surface area contributed by atoms with Crippen LogP contribution in [0.2, 0.25) is 0 Å². The number of hydrogen-bond donors (Lipinski definition) is 1. The van der Waals surface area contributed by atoms with E-state index in [2.05, 4.69) is 34.8 Å². The van der Waals surface area contributed by atoms with Gasteiger partial charge in [-0.15, -0.1) is 12.4 Å². The largest absolute Gasteiger partial charge is 0.322 e. The van der Waals surface area contributed by atoms with Crippen LogP contribution in [0.4, 0.5) is 0 Å². The maximum Gasteiger partial charge on any atom is 0.0574 e. The molecule has 0 aromatic carbocycles. The number of nitrogens with two attached hydrogens (primary N) is 1. The SMILES string of the molecule is CCC(C)[C@@H](N)c1ccc(Br)cn1.Cl. The summed E-state index contributed by atoms with van der Waals surface area (Å²) in [6.07, 6.45) is 2.87. The highest BCUT2D eigenvalue weighted by molar-refractivity contribution is 9.10. The summed E-state index contributed by atoms with van der Waals surface area (Å²) in [6.45, 7) is 4.29. The molecular formula is C10H16BrClN2. The summed E-state index contributed by atoms with van der Waals surface area (Å²) in [4.78, 5) is 4.28. The smallest absolute Gasteiger partial charge is 0.0574 e. The van der Waals surface area contributed by atoms with Crippen molar-refractivity contribution in [1.29, 1.82) is 0 Å². The predicted molar refractivity (Wildman–Crippen MR) is 65.6 cm³/mol. The summed E-state index contributed by atoms with van der Waals surface area (Å²) in [7, 11) is 0. The minimum atomic E-state index is 0. The van der Waals surface area contributed by atoms with Gasteiger partial charge in [0.1, 0.15) is 0 Å². The summed E-state index contributed by atoms with van der Waals surface area (Å²) in [6, 6.07) is 4.00. The highest BCUT2D eigenvalue weighted by Gasteiger charge is 2.13. The number of nitrogens with zero attached hydrogens (tertiary/aromatic N) is 1. The quantitative estimate of drug-likeness (QED) is 0.922. The standard InChI is InChI=1S/C10H15BrN2.ClH/c1-3-7(2)10(12)9-5-4-8(11)6-13-9;/h4-7,10H,3,12H2,1-2H3;1H/t7?,10-;/m1./s1. The maximum atomic E-state index is 6.02. The zero-order valence-electron chi connectivity index (χ0n) is 8.40. The van der Waals surface area contributed by atoms with Crippen LogP contribution in [0.15, 0.2) is 22.8 Å². The summed E-state index contributed by atoms with van der Waals surface area (Å²) < 4.78 is 0.993. The summed E-state index contributed by atoms with van der Waals surface area (Å²) in [5.74, 6) is 0.480. The second kappa shape index (κ2) is 6.38. The molecule has 2 N–H and O–H groups in total. The third-order valence-electron chi connectivity index (χ3n) is 2.35. The van der Waals surface area contributed by atoms with E-state index in [-0.39, 0.29) is 18.4 Å². The molecule has 0 saturated carbocycles. The topological polar surface area (TPSA) is 38.9 Å². The molecule has 0 bridgehead atoms. The van der Waals surface area contributed by atoms with Gasteiger partial charge in [-0.3, -0.25) is 4.98 Å². The molecule has 0 spiro atoms. The summed E-state index contributed by atoms with van der Waals surface area (Å²) >= 11 is 3.35. The second-order valence-electron chi connectivity index (χ2n) is 3.31. The Kier molecular flexibility index (Phi) is 6.33. The fourth-order valence-electron chi connectivity index (χ4n) is 1.13. The number of aromatic nitrogens is 1. The van der Waals surface area contributed by atoms with E-state index in [0.29, 0.717) is 5.92 Å². The Morgan fingerprint density at radius 1 is 1.50 bits per heavy atom. The van der Waals surface area contributed by atoms with Crippen LogP contribution in [0.1, 0.15) is 32.0 Å². The number of rotatable bonds is 3.